The lowest BCUT2D eigenvalue weighted by Gasteiger charge is -2.25. The SMILES string of the molecule is CC(c1cnc(OCC(F)F)c(Cl)c1)N1Cc2c(ccnc2NC(=O)C[C@@H]2CCCO2)C1=O. The Morgan fingerprint density at radius 1 is 1.42 bits per heavy atom. The molecule has 2 aliphatic heterocycles. The molecule has 0 saturated carbocycles. The quantitative estimate of drug-likeness (QED) is 0.614. The highest BCUT2D eigenvalue weighted by Crippen LogP contribution is 2.35. The van der Waals surface area contributed by atoms with Gasteiger partial charge < -0.3 is 19.7 Å². The first-order chi connectivity index (χ1) is 15.8. The molecule has 1 unspecified atom stereocenters. The van der Waals surface area contributed by atoms with Gasteiger partial charge in [-0.3, -0.25) is 9.59 Å². The Kier molecular flexibility index (Phi) is 7.04. The van der Waals surface area contributed by atoms with Crippen LogP contribution in [0.4, 0.5) is 14.6 Å². The second kappa shape index (κ2) is 9.96. The molecule has 176 valence electrons. The predicted octanol–water partition coefficient (Wildman–Crippen LogP) is 4.00. The number of alkyl halides is 2. The second-order valence-electron chi connectivity index (χ2n) is 7.94. The van der Waals surface area contributed by atoms with Crippen molar-refractivity contribution in [3.63, 3.8) is 0 Å². The maximum absolute atomic E-state index is 13.1. The highest BCUT2D eigenvalue weighted by molar-refractivity contribution is 6.31. The molecule has 0 bridgehead atoms. The van der Waals surface area contributed by atoms with Gasteiger partial charge in [-0.15, -0.1) is 0 Å². The first kappa shape index (κ1) is 23.3. The molecule has 1 N–H and O–H groups in total. The molecule has 8 nitrogen and oxygen atoms in total. The molecule has 0 radical (unpaired) electrons. The van der Waals surface area contributed by atoms with Crippen LogP contribution in [0.2, 0.25) is 5.02 Å². The van der Waals surface area contributed by atoms with E-state index in [1.165, 1.54) is 12.4 Å². The number of hydrogen-bond donors (Lipinski definition) is 1. The van der Waals surface area contributed by atoms with E-state index in [0.29, 0.717) is 29.1 Å². The van der Waals surface area contributed by atoms with Crippen molar-refractivity contribution in [2.24, 2.45) is 0 Å². The summed E-state index contributed by atoms with van der Waals surface area (Å²) < 4.78 is 35.2. The summed E-state index contributed by atoms with van der Waals surface area (Å²) in [6, 6.07) is 2.74. The van der Waals surface area contributed by atoms with Gasteiger partial charge in [0.15, 0.2) is 6.61 Å². The van der Waals surface area contributed by atoms with Crippen molar-refractivity contribution in [1.29, 1.82) is 0 Å². The molecular formula is C22H23ClF2N4O4. The van der Waals surface area contributed by atoms with Crippen LogP contribution in [0.25, 0.3) is 0 Å². The van der Waals surface area contributed by atoms with Crippen molar-refractivity contribution in [3.05, 3.63) is 46.2 Å². The van der Waals surface area contributed by atoms with Crippen LogP contribution in [0.1, 0.15) is 53.7 Å². The number of nitrogens with one attached hydrogen (secondary N) is 1. The number of fused-ring (bicyclic) bond motifs is 1. The highest BCUT2D eigenvalue weighted by Gasteiger charge is 2.34. The largest absolute Gasteiger partial charge is 0.471 e. The van der Waals surface area contributed by atoms with Gasteiger partial charge in [0.2, 0.25) is 11.8 Å². The molecule has 1 saturated heterocycles. The van der Waals surface area contributed by atoms with Crippen LogP contribution < -0.4 is 10.1 Å². The molecule has 0 aliphatic carbocycles. The number of nitrogens with zero attached hydrogens (tertiary/aromatic N) is 3. The number of amides is 2. The molecule has 4 rings (SSSR count). The van der Waals surface area contributed by atoms with Crippen LogP contribution in [0.15, 0.2) is 24.5 Å². The van der Waals surface area contributed by atoms with Gasteiger partial charge in [0.1, 0.15) is 10.8 Å². The van der Waals surface area contributed by atoms with Crippen LogP contribution in [0.5, 0.6) is 5.88 Å². The van der Waals surface area contributed by atoms with Gasteiger partial charge in [0.25, 0.3) is 12.3 Å². The van der Waals surface area contributed by atoms with Gasteiger partial charge in [0.05, 0.1) is 25.1 Å². The van der Waals surface area contributed by atoms with E-state index in [1.807, 2.05) is 0 Å². The lowest BCUT2D eigenvalue weighted by Crippen LogP contribution is -2.27. The number of pyridine rings is 2. The van der Waals surface area contributed by atoms with Gasteiger partial charge in [-0.25, -0.2) is 18.7 Å². The molecule has 2 aliphatic rings. The van der Waals surface area contributed by atoms with Gasteiger partial charge in [0, 0.05) is 30.1 Å². The van der Waals surface area contributed by atoms with Crippen molar-refractivity contribution < 1.29 is 27.8 Å². The summed E-state index contributed by atoms with van der Waals surface area (Å²) in [5, 5.41) is 2.89. The van der Waals surface area contributed by atoms with Crippen LogP contribution in [0.3, 0.4) is 0 Å². The number of carbonyl (C=O) groups excluding carboxylic acids is 2. The van der Waals surface area contributed by atoms with Gasteiger partial charge >= 0.3 is 0 Å². The zero-order chi connectivity index (χ0) is 23.5. The van der Waals surface area contributed by atoms with E-state index < -0.39 is 19.1 Å². The molecule has 2 amide bonds. The molecule has 0 aromatic carbocycles. The Morgan fingerprint density at radius 2 is 2.24 bits per heavy atom. The van der Waals surface area contributed by atoms with Crippen molar-refractivity contribution in [1.82, 2.24) is 14.9 Å². The fourth-order valence-corrected chi connectivity index (χ4v) is 4.19. The number of ether oxygens (including phenoxy) is 2. The zero-order valence-corrected chi connectivity index (χ0v) is 18.6. The van der Waals surface area contributed by atoms with Crippen LogP contribution in [-0.2, 0) is 16.1 Å². The average molecular weight is 481 g/mol. The summed E-state index contributed by atoms with van der Waals surface area (Å²) in [6.45, 7) is 1.90. The molecule has 2 aromatic heterocycles. The summed E-state index contributed by atoms with van der Waals surface area (Å²) in [6.07, 6.45) is 2.22. The predicted molar refractivity (Wildman–Crippen MR) is 115 cm³/mol. The summed E-state index contributed by atoms with van der Waals surface area (Å²) >= 11 is 6.14. The molecule has 2 aromatic rings. The third-order valence-electron chi connectivity index (χ3n) is 5.69. The monoisotopic (exact) mass is 480 g/mol. The van der Waals surface area contributed by atoms with Gasteiger partial charge in [-0.05, 0) is 37.5 Å². The molecule has 4 heterocycles. The molecule has 33 heavy (non-hydrogen) atoms. The fraction of sp³-hybridized carbons (Fsp3) is 0.455. The second-order valence-corrected chi connectivity index (χ2v) is 8.35. The van der Waals surface area contributed by atoms with E-state index in [-0.39, 0.29) is 41.8 Å². The number of anilines is 1. The number of halogens is 3. The topological polar surface area (TPSA) is 93.7 Å². The third-order valence-corrected chi connectivity index (χ3v) is 5.97. The van der Waals surface area contributed by atoms with E-state index in [1.54, 1.807) is 24.0 Å². The fourth-order valence-electron chi connectivity index (χ4n) is 3.96. The Balaban J connectivity index is 1.47. The van der Waals surface area contributed by atoms with Crippen molar-refractivity contribution in [2.75, 3.05) is 18.5 Å². The maximum atomic E-state index is 13.1. The summed E-state index contributed by atoms with van der Waals surface area (Å²) in [5.41, 5.74) is 1.70. The molecule has 1 fully saturated rings. The minimum absolute atomic E-state index is 0.0768. The van der Waals surface area contributed by atoms with Gasteiger partial charge in [-0.1, -0.05) is 11.6 Å². The lowest BCUT2D eigenvalue weighted by atomic mass is 10.1. The summed E-state index contributed by atoms with van der Waals surface area (Å²) in [4.78, 5) is 35.4. The van der Waals surface area contributed by atoms with Crippen LogP contribution in [-0.4, -0.2) is 52.4 Å². The minimum atomic E-state index is -2.64. The van der Waals surface area contributed by atoms with Crippen LogP contribution in [0, 0.1) is 0 Å². The molecule has 2 atom stereocenters. The first-order valence-electron chi connectivity index (χ1n) is 10.6. The summed E-state index contributed by atoms with van der Waals surface area (Å²) in [5.74, 6) is -0.171. The van der Waals surface area contributed by atoms with E-state index in [0.717, 1.165) is 12.8 Å². The van der Waals surface area contributed by atoms with E-state index in [4.69, 9.17) is 21.1 Å². The standard InChI is InChI=1S/C22H23ClF2N4O4/c1-12(13-7-17(23)21(27-9-13)33-11-18(24)25)29-10-16-15(22(29)31)4-5-26-20(16)28-19(30)8-14-3-2-6-32-14/h4-5,7,9,12,14,18H,2-3,6,8,10-11H2,1H3,(H,26,28,30)/t12?,14-/m0/s1. The Hall–Kier alpha value is -2.85. The zero-order valence-electron chi connectivity index (χ0n) is 17.9. The normalized spacial score (nSPS) is 18.5. The smallest absolute Gasteiger partial charge is 0.272 e. The van der Waals surface area contributed by atoms with E-state index >= 15 is 0 Å². The van der Waals surface area contributed by atoms with Crippen molar-refractivity contribution in [2.45, 2.75) is 51.3 Å². The van der Waals surface area contributed by atoms with Gasteiger partial charge in [-0.2, -0.15) is 0 Å². The first-order valence-corrected chi connectivity index (χ1v) is 11.0. The Labute approximate surface area is 194 Å². The minimum Gasteiger partial charge on any atom is -0.471 e. The van der Waals surface area contributed by atoms with Crippen molar-refractivity contribution >= 4 is 29.2 Å². The maximum Gasteiger partial charge on any atom is 0.272 e. The van der Waals surface area contributed by atoms with Crippen molar-refractivity contribution in [3.8, 4) is 5.88 Å². The molecule has 0 spiro atoms. The number of aromatic nitrogens is 2. The number of carbonyl (C=O) groups is 2. The average Bonchev–Trinajstić information content (AvgIpc) is 3.40. The van der Waals surface area contributed by atoms with E-state index in [9.17, 15) is 18.4 Å². The van der Waals surface area contributed by atoms with Crippen LogP contribution >= 0.6 is 11.6 Å². The molecular weight excluding hydrogens is 458 g/mol. The third kappa shape index (κ3) is 5.22. The lowest BCUT2D eigenvalue weighted by molar-refractivity contribution is -0.118. The highest BCUT2D eigenvalue weighted by atomic mass is 35.5. The Morgan fingerprint density at radius 3 is 2.94 bits per heavy atom. The number of hydrogen-bond acceptors (Lipinski definition) is 6. The van der Waals surface area contributed by atoms with E-state index in [2.05, 4.69) is 15.3 Å². The Bertz CT molecular complexity index is 1050. The number of rotatable bonds is 8. The summed E-state index contributed by atoms with van der Waals surface area (Å²) in [7, 11) is 0. The molecule has 11 heteroatoms.